The van der Waals surface area contributed by atoms with Gasteiger partial charge in [0.1, 0.15) is 24.3 Å². The highest BCUT2D eigenvalue weighted by molar-refractivity contribution is 5.66. The smallest absolute Gasteiger partial charge is 0.416 e. The minimum Gasteiger partial charge on any atom is -0.487 e. The molecule has 0 amide bonds. The Morgan fingerprint density at radius 3 is 2.46 bits per heavy atom. The van der Waals surface area contributed by atoms with Crippen molar-refractivity contribution in [2.45, 2.75) is 38.5 Å². The molecule has 0 aliphatic heterocycles. The molecule has 10 heteroatoms. The van der Waals surface area contributed by atoms with E-state index in [1.165, 1.54) is 24.0 Å². The zero-order chi connectivity index (χ0) is 26.7. The van der Waals surface area contributed by atoms with E-state index < -0.39 is 11.7 Å². The van der Waals surface area contributed by atoms with Gasteiger partial charge in [-0.15, -0.1) is 0 Å². The highest BCUT2D eigenvalue weighted by Crippen LogP contribution is 2.29. The number of oxazole rings is 1. The molecule has 3 aromatic rings. The van der Waals surface area contributed by atoms with Crippen LogP contribution < -0.4 is 16.3 Å². The Morgan fingerprint density at radius 2 is 1.78 bits per heavy atom. The van der Waals surface area contributed by atoms with Crippen molar-refractivity contribution >= 4 is 12.2 Å². The average Bonchev–Trinajstić information content (AvgIpc) is 3.32. The minimum absolute atomic E-state index is 0.00151. The number of aryl methyl sites for hydroxylation is 1. The number of nitrogens with two attached hydrogens (primary N) is 2. The molecule has 0 atom stereocenters. The van der Waals surface area contributed by atoms with E-state index >= 15 is 0 Å². The molecule has 0 bridgehead atoms. The summed E-state index contributed by atoms with van der Waals surface area (Å²) in [4.78, 5) is 4.31. The van der Waals surface area contributed by atoms with E-state index in [0.29, 0.717) is 41.6 Å². The zero-order valence-electron chi connectivity index (χ0n) is 20.3. The summed E-state index contributed by atoms with van der Waals surface area (Å²) >= 11 is 0. The SMILES string of the molecule is N/C(=C\N(N)CCCCc1ccc(OCc2coc(/C=C/c3ccc(C(F)(F)F)cc3)n2)cc1)CCO. The van der Waals surface area contributed by atoms with Gasteiger partial charge in [-0.2, -0.15) is 13.2 Å². The van der Waals surface area contributed by atoms with Gasteiger partial charge in [-0.1, -0.05) is 24.3 Å². The third-order valence-corrected chi connectivity index (χ3v) is 5.40. The lowest BCUT2D eigenvalue weighted by Crippen LogP contribution is -2.27. The number of aliphatic hydroxyl groups is 1. The fraction of sp³-hybridized carbons (Fsp3) is 0.296. The first kappa shape index (κ1) is 27.8. The number of hydrogen-bond acceptors (Lipinski definition) is 7. The Bertz CT molecular complexity index is 1160. The van der Waals surface area contributed by atoms with Gasteiger partial charge in [-0.05, 0) is 60.7 Å². The Kier molecular flexibility index (Phi) is 10.2. The Morgan fingerprint density at radius 1 is 1.05 bits per heavy atom. The summed E-state index contributed by atoms with van der Waals surface area (Å²) in [5, 5.41) is 10.4. The number of hydrazine groups is 1. The van der Waals surface area contributed by atoms with Crippen molar-refractivity contribution in [2.75, 3.05) is 13.2 Å². The third kappa shape index (κ3) is 9.66. The number of rotatable bonds is 13. The molecule has 0 spiro atoms. The second-order valence-electron chi connectivity index (χ2n) is 8.44. The first-order chi connectivity index (χ1) is 17.7. The lowest BCUT2D eigenvalue weighted by molar-refractivity contribution is -0.137. The van der Waals surface area contributed by atoms with E-state index in [1.807, 2.05) is 24.3 Å². The molecule has 5 N–H and O–H groups in total. The van der Waals surface area contributed by atoms with E-state index in [4.69, 9.17) is 25.8 Å². The maximum Gasteiger partial charge on any atom is 0.416 e. The summed E-state index contributed by atoms with van der Waals surface area (Å²) < 4.78 is 49.1. The number of unbranched alkanes of at least 4 members (excludes halogenated alkanes) is 1. The maximum atomic E-state index is 12.7. The van der Waals surface area contributed by atoms with E-state index in [1.54, 1.807) is 23.4 Å². The molecule has 0 aliphatic rings. The van der Waals surface area contributed by atoms with Gasteiger partial charge < -0.3 is 25.0 Å². The van der Waals surface area contributed by atoms with Gasteiger partial charge in [0.05, 0.1) is 5.56 Å². The number of alkyl halides is 3. The van der Waals surface area contributed by atoms with Crippen LogP contribution in [0.2, 0.25) is 0 Å². The number of hydrogen-bond donors (Lipinski definition) is 3. The molecule has 0 saturated heterocycles. The quantitative estimate of drug-likeness (QED) is 0.164. The van der Waals surface area contributed by atoms with E-state index in [2.05, 4.69) is 4.98 Å². The van der Waals surface area contributed by atoms with Crippen LogP contribution in [0.5, 0.6) is 5.75 Å². The lowest BCUT2D eigenvalue weighted by atomic mass is 10.1. The lowest BCUT2D eigenvalue weighted by Gasteiger charge is -2.14. The number of aromatic nitrogens is 1. The van der Waals surface area contributed by atoms with Crippen molar-refractivity contribution in [3.05, 3.63) is 95.0 Å². The monoisotopic (exact) mass is 516 g/mol. The topological polar surface area (TPSA) is 111 Å². The van der Waals surface area contributed by atoms with Gasteiger partial charge in [0.15, 0.2) is 0 Å². The fourth-order valence-corrected chi connectivity index (χ4v) is 3.42. The molecule has 0 fully saturated rings. The van der Waals surface area contributed by atoms with E-state index in [0.717, 1.165) is 31.4 Å². The Balaban J connectivity index is 1.40. The largest absolute Gasteiger partial charge is 0.487 e. The molecular weight excluding hydrogens is 485 g/mol. The summed E-state index contributed by atoms with van der Waals surface area (Å²) in [6.45, 7) is 0.893. The normalized spacial score (nSPS) is 12.3. The van der Waals surface area contributed by atoms with Gasteiger partial charge >= 0.3 is 6.18 Å². The van der Waals surface area contributed by atoms with E-state index in [9.17, 15) is 13.2 Å². The van der Waals surface area contributed by atoms with Gasteiger partial charge in [-0.3, -0.25) is 0 Å². The predicted molar refractivity (Wildman–Crippen MR) is 135 cm³/mol. The number of benzene rings is 2. The second kappa shape index (κ2) is 13.5. The molecule has 2 aromatic carbocycles. The fourth-order valence-electron chi connectivity index (χ4n) is 3.42. The maximum absolute atomic E-state index is 12.7. The minimum atomic E-state index is -4.36. The first-order valence-corrected chi connectivity index (χ1v) is 11.8. The standard InChI is InChI=1S/C27H31F3N4O3/c28-27(29,30)22-9-4-21(5-10-22)8-13-26-33-24(19-37-26)18-36-25-11-6-20(7-12-25)3-1-2-15-34(32)17-23(31)14-16-35/h4-13,17,19,35H,1-3,14-16,18,31-32H2/b13-8+,23-17-. The number of aliphatic hydroxyl groups excluding tert-OH is 1. The van der Waals surface area contributed by atoms with Crippen molar-refractivity contribution in [3.8, 4) is 5.75 Å². The van der Waals surface area contributed by atoms with Crippen molar-refractivity contribution < 1.29 is 27.4 Å². The van der Waals surface area contributed by atoms with Crippen molar-refractivity contribution in [1.29, 1.82) is 0 Å². The number of halogens is 3. The Labute approximate surface area is 213 Å². The van der Waals surface area contributed by atoms with Crippen LogP contribution in [-0.4, -0.2) is 28.3 Å². The van der Waals surface area contributed by atoms with Gasteiger partial charge in [0.25, 0.3) is 0 Å². The van der Waals surface area contributed by atoms with E-state index in [-0.39, 0.29) is 13.2 Å². The molecule has 0 aliphatic carbocycles. The molecule has 198 valence electrons. The van der Waals surface area contributed by atoms with Crippen LogP contribution in [0.1, 0.15) is 47.5 Å². The van der Waals surface area contributed by atoms with Crippen LogP contribution >= 0.6 is 0 Å². The van der Waals surface area contributed by atoms with Crippen LogP contribution in [0.4, 0.5) is 13.2 Å². The molecule has 0 saturated carbocycles. The van der Waals surface area contributed by atoms with Crippen molar-refractivity contribution in [1.82, 2.24) is 9.99 Å². The molecule has 1 heterocycles. The van der Waals surface area contributed by atoms with Crippen LogP contribution in [0.15, 0.2) is 71.1 Å². The summed E-state index contributed by atoms with van der Waals surface area (Å²) in [6.07, 6.45) is 5.16. The van der Waals surface area contributed by atoms with Crippen molar-refractivity contribution in [3.63, 3.8) is 0 Å². The number of ether oxygens (including phenoxy) is 1. The zero-order valence-corrected chi connectivity index (χ0v) is 20.3. The van der Waals surface area contributed by atoms with Crippen LogP contribution in [0.3, 0.4) is 0 Å². The summed E-state index contributed by atoms with van der Waals surface area (Å²) in [7, 11) is 0. The van der Waals surface area contributed by atoms with Crippen LogP contribution in [0.25, 0.3) is 12.2 Å². The van der Waals surface area contributed by atoms with Gasteiger partial charge in [-0.25, -0.2) is 10.8 Å². The number of nitrogens with zero attached hydrogens (tertiary/aromatic N) is 2. The highest BCUT2D eigenvalue weighted by Gasteiger charge is 2.29. The summed E-state index contributed by atoms with van der Waals surface area (Å²) in [6, 6.07) is 12.7. The summed E-state index contributed by atoms with van der Waals surface area (Å²) in [5.74, 6) is 6.91. The molecular formula is C27H31F3N4O3. The predicted octanol–water partition coefficient (Wildman–Crippen LogP) is 5.12. The van der Waals surface area contributed by atoms with Crippen LogP contribution in [0, 0.1) is 0 Å². The molecule has 0 radical (unpaired) electrons. The second-order valence-corrected chi connectivity index (χ2v) is 8.44. The molecule has 3 rings (SSSR count). The van der Waals surface area contributed by atoms with Crippen molar-refractivity contribution in [2.24, 2.45) is 11.6 Å². The third-order valence-electron chi connectivity index (χ3n) is 5.40. The first-order valence-electron chi connectivity index (χ1n) is 11.8. The van der Waals surface area contributed by atoms with Gasteiger partial charge in [0.2, 0.25) is 5.89 Å². The Hall–Kier alpha value is -3.76. The molecule has 1 aromatic heterocycles. The summed E-state index contributed by atoms with van der Waals surface area (Å²) in [5.41, 5.74) is 7.97. The highest BCUT2D eigenvalue weighted by atomic mass is 19.4. The molecule has 37 heavy (non-hydrogen) atoms. The van der Waals surface area contributed by atoms with Gasteiger partial charge in [0, 0.05) is 37.5 Å². The van der Waals surface area contributed by atoms with Crippen LogP contribution in [-0.2, 0) is 19.2 Å². The molecule has 0 unspecified atom stereocenters. The molecule has 7 nitrogen and oxygen atoms in total. The average molecular weight is 517 g/mol.